The second-order valence-electron chi connectivity index (χ2n) is 7.05. The van der Waals surface area contributed by atoms with Crippen LogP contribution in [0.5, 0.6) is 0 Å². The molecule has 180 valence electrons. The molecular formula is C21H25N7O6. The van der Waals surface area contributed by atoms with E-state index in [9.17, 15) is 19.2 Å². The number of H-pyrrole nitrogens is 1. The van der Waals surface area contributed by atoms with E-state index in [0.717, 1.165) is 5.56 Å². The summed E-state index contributed by atoms with van der Waals surface area (Å²) in [7, 11) is 0. The summed E-state index contributed by atoms with van der Waals surface area (Å²) in [6.45, 7) is 1.64. The number of hydrogen-bond acceptors (Lipinski definition) is 9. The molecule has 0 aliphatic carbocycles. The fraction of sp³-hybridized carbons (Fsp3) is 0.333. The molecular weight excluding hydrogens is 446 g/mol. The van der Waals surface area contributed by atoms with Gasteiger partial charge in [-0.1, -0.05) is 30.3 Å². The van der Waals surface area contributed by atoms with Crippen molar-refractivity contribution in [3.8, 4) is 0 Å². The lowest BCUT2D eigenvalue weighted by atomic mass is 10.2. The zero-order chi connectivity index (χ0) is 24.5. The van der Waals surface area contributed by atoms with Gasteiger partial charge >= 0.3 is 12.1 Å². The summed E-state index contributed by atoms with van der Waals surface area (Å²) in [6.07, 6.45) is 0.449. The predicted octanol–water partition coefficient (Wildman–Crippen LogP) is 0.219. The van der Waals surface area contributed by atoms with Crippen LogP contribution in [0.25, 0.3) is 11.2 Å². The zero-order valence-corrected chi connectivity index (χ0v) is 18.5. The largest absolute Gasteiger partial charge is 0.465 e. The van der Waals surface area contributed by atoms with Gasteiger partial charge in [-0.05, 0) is 12.5 Å². The normalized spacial score (nSPS) is 10.6. The summed E-state index contributed by atoms with van der Waals surface area (Å²) in [5.74, 6) is -1.18. The third kappa shape index (κ3) is 6.38. The van der Waals surface area contributed by atoms with E-state index in [1.54, 1.807) is 19.1 Å². The number of amides is 2. The van der Waals surface area contributed by atoms with Crippen LogP contribution in [0.4, 0.5) is 10.7 Å². The van der Waals surface area contributed by atoms with E-state index in [4.69, 9.17) is 15.2 Å². The highest BCUT2D eigenvalue weighted by Gasteiger charge is 2.20. The molecule has 4 N–H and O–H groups in total. The van der Waals surface area contributed by atoms with E-state index < -0.39 is 23.5 Å². The first-order valence-electron chi connectivity index (χ1n) is 10.5. The highest BCUT2D eigenvalue weighted by Crippen LogP contribution is 2.10. The number of hydrogen-bond donors (Lipinski definition) is 3. The quantitative estimate of drug-likeness (QED) is 0.349. The number of benzene rings is 1. The maximum absolute atomic E-state index is 12.8. The number of nitrogens with one attached hydrogen (secondary N) is 2. The number of carbonyl (C=O) groups is 3. The van der Waals surface area contributed by atoms with Crippen molar-refractivity contribution in [2.75, 3.05) is 31.6 Å². The van der Waals surface area contributed by atoms with Gasteiger partial charge in [-0.3, -0.25) is 24.7 Å². The summed E-state index contributed by atoms with van der Waals surface area (Å²) in [5.41, 5.74) is 5.78. The first kappa shape index (κ1) is 24.4. The lowest BCUT2D eigenvalue weighted by Crippen LogP contribution is -2.41. The number of carbonyl (C=O) groups excluding carboxylic acids is 3. The number of esters is 1. The van der Waals surface area contributed by atoms with Crippen LogP contribution >= 0.6 is 0 Å². The number of nitrogens with two attached hydrogens (primary N) is 1. The molecule has 3 aromatic rings. The number of rotatable bonds is 10. The molecule has 0 saturated heterocycles. The van der Waals surface area contributed by atoms with Crippen molar-refractivity contribution in [1.29, 1.82) is 0 Å². The van der Waals surface area contributed by atoms with Gasteiger partial charge in [0.1, 0.15) is 19.7 Å². The minimum Gasteiger partial charge on any atom is -0.465 e. The number of nitrogens with zero attached hydrogens (tertiary/aromatic N) is 4. The fourth-order valence-corrected chi connectivity index (χ4v) is 3.04. The van der Waals surface area contributed by atoms with Gasteiger partial charge in [0, 0.05) is 13.1 Å². The first-order valence-corrected chi connectivity index (χ1v) is 10.5. The van der Waals surface area contributed by atoms with E-state index in [2.05, 4.69) is 20.3 Å². The third-order valence-electron chi connectivity index (χ3n) is 4.59. The van der Waals surface area contributed by atoms with Crippen molar-refractivity contribution in [1.82, 2.24) is 24.4 Å². The Morgan fingerprint density at radius 3 is 2.68 bits per heavy atom. The molecule has 0 unspecified atom stereocenters. The lowest BCUT2D eigenvalue weighted by molar-refractivity contribution is -0.149. The first-order chi connectivity index (χ1) is 16.4. The molecule has 2 heterocycles. The molecule has 13 heteroatoms. The van der Waals surface area contributed by atoms with Crippen molar-refractivity contribution >= 4 is 35.1 Å². The maximum Gasteiger partial charge on any atom is 0.414 e. The molecule has 0 aliphatic rings. The molecule has 0 bridgehead atoms. The summed E-state index contributed by atoms with van der Waals surface area (Å²) in [6, 6.07) is 9.06. The second kappa shape index (κ2) is 11.6. The van der Waals surface area contributed by atoms with Crippen molar-refractivity contribution < 1.29 is 23.9 Å². The van der Waals surface area contributed by atoms with Crippen LogP contribution in [-0.2, 0) is 32.2 Å². The van der Waals surface area contributed by atoms with Crippen molar-refractivity contribution in [3.05, 3.63) is 52.6 Å². The summed E-state index contributed by atoms with van der Waals surface area (Å²) in [4.78, 5) is 60.9. The van der Waals surface area contributed by atoms with Crippen LogP contribution in [-0.4, -0.2) is 68.6 Å². The molecule has 13 nitrogen and oxygen atoms in total. The smallest absolute Gasteiger partial charge is 0.414 e. The van der Waals surface area contributed by atoms with Crippen LogP contribution in [0.1, 0.15) is 12.5 Å². The topological polar surface area (TPSA) is 175 Å². The van der Waals surface area contributed by atoms with Gasteiger partial charge in [-0.15, -0.1) is 0 Å². The average Bonchev–Trinajstić information content (AvgIpc) is 3.21. The minimum atomic E-state index is -0.822. The molecule has 34 heavy (non-hydrogen) atoms. The maximum atomic E-state index is 12.8. The van der Waals surface area contributed by atoms with Gasteiger partial charge in [0.2, 0.25) is 11.9 Å². The Morgan fingerprint density at radius 2 is 1.97 bits per heavy atom. The molecule has 0 radical (unpaired) electrons. The van der Waals surface area contributed by atoms with E-state index >= 15 is 0 Å². The molecule has 2 aromatic heterocycles. The Bertz CT molecular complexity index is 1210. The number of aromatic amines is 1. The predicted molar refractivity (Wildman–Crippen MR) is 121 cm³/mol. The van der Waals surface area contributed by atoms with E-state index in [1.807, 2.05) is 18.2 Å². The number of imidazole rings is 1. The standard InChI is InChI=1S/C21H25N7O6/c1-2-33-16(30)11-27(9-8-22)15(29)10-28-13-23-17-18(28)24-20(25-19(17)31)26-21(32)34-12-14-6-4-3-5-7-14/h3-7,13H,2,8-12,22H2,1H3,(H2,24,25,26,31,32). The summed E-state index contributed by atoms with van der Waals surface area (Å²) < 4.78 is 11.3. The van der Waals surface area contributed by atoms with E-state index in [1.165, 1.54) is 15.8 Å². The summed E-state index contributed by atoms with van der Waals surface area (Å²) in [5, 5.41) is 2.36. The second-order valence-corrected chi connectivity index (χ2v) is 7.05. The van der Waals surface area contributed by atoms with Crippen molar-refractivity contribution in [2.45, 2.75) is 20.1 Å². The molecule has 0 saturated carbocycles. The Balaban J connectivity index is 1.72. The van der Waals surface area contributed by atoms with Crippen LogP contribution < -0.4 is 16.6 Å². The highest BCUT2D eigenvalue weighted by atomic mass is 16.5. The van der Waals surface area contributed by atoms with Gasteiger partial charge in [-0.25, -0.2) is 9.78 Å². The average molecular weight is 471 g/mol. The molecule has 0 spiro atoms. The highest BCUT2D eigenvalue weighted by molar-refractivity contribution is 5.85. The number of anilines is 1. The van der Waals surface area contributed by atoms with Gasteiger partial charge in [0.15, 0.2) is 11.2 Å². The minimum absolute atomic E-state index is 0.0215. The molecule has 1 aromatic carbocycles. The van der Waals surface area contributed by atoms with Crippen LogP contribution in [0.2, 0.25) is 0 Å². The Kier molecular flexibility index (Phi) is 8.29. The molecule has 3 rings (SSSR count). The Morgan fingerprint density at radius 1 is 1.21 bits per heavy atom. The van der Waals surface area contributed by atoms with Crippen molar-refractivity contribution in [2.24, 2.45) is 5.73 Å². The van der Waals surface area contributed by atoms with Crippen molar-refractivity contribution in [3.63, 3.8) is 0 Å². The molecule has 0 atom stereocenters. The third-order valence-corrected chi connectivity index (χ3v) is 4.59. The van der Waals surface area contributed by atoms with E-state index in [-0.39, 0.29) is 56.5 Å². The zero-order valence-electron chi connectivity index (χ0n) is 18.5. The number of ether oxygens (including phenoxy) is 2. The van der Waals surface area contributed by atoms with Gasteiger partial charge in [0.05, 0.1) is 12.9 Å². The Hall–Kier alpha value is -4.26. The lowest BCUT2D eigenvalue weighted by Gasteiger charge is -2.21. The summed E-state index contributed by atoms with van der Waals surface area (Å²) >= 11 is 0. The van der Waals surface area contributed by atoms with Gasteiger partial charge < -0.3 is 24.7 Å². The van der Waals surface area contributed by atoms with Crippen LogP contribution in [0.3, 0.4) is 0 Å². The monoisotopic (exact) mass is 471 g/mol. The van der Waals surface area contributed by atoms with E-state index in [0.29, 0.717) is 0 Å². The van der Waals surface area contributed by atoms with Crippen LogP contribution in [0.15, 0.2) is 41.5 Å². The number of fused-ring (bicyclic) bond motifs is 1. The van der Waals surface area contributed by atoms with Crippen LogP contribution in [0, 0.1) is 0 Å². The fourth-order valence-electron chi connectivity index (χ4n) is 3.04. The van der Waals surface area contributed by atoms with Gasteiger partial charge in [0.25, 0.3) is 5.56 Å². The number of aromatic nitrogens is 4. The van der Waals surface area contributed by atoms with Gasteiger partial charge in [-0.2, -0.15) is 4.98 Å². The molecule has 0 aliphatic heterocycles. The molecule has 2 amide bonds. The Labute approximate surface area is 193 Å². The SMILES string of the molecule is CCOC(=O)CN(CCN)C(=O)Cn1cnc2c(=O)[nH]c(NC(=O)OCc3ccccc3)nc21. The molecule has 0 fully saturated rings.